The number of likely N-dealkylation sites (N-methyl/N-ethyl adjacent to an activating group) is 1. The van der Waals surface area contributed by atoms with Gasteiger partial charge in [-0.1, -0.05) is 6.92 Å². The van der Waals surface area contributed by atoms with E-state index >= 15 is 0 Å². The predicted molar refractivity (Wildman–Crippen MR) is 87.3 cm³/mol. The third-order valence-corrected chi connectivity index (χ3v) is 4.83. The topological polar surface area (TPSA) is 84.8 Å². The van der Waals surface area contributed by atoms with Crippen molar-refractivity contribution in [3.05, 3.63) is 4.88 Å². The second-order valence-electron chi connectivity index (χ2n) is 5.43. The van der Waals surface area contributed by atoms with Crippen LogP contribution in [0.1, 0.15) is 30.4 Å². The highest BCUT2D eigenvalue weighted by Crippen LogP contribution is 2.45. The average molecular weight is 312 g/mol. The van der Waals surface area contributed by atoms with E-state index in [4.69, 9.17) is 16.2 Å². The van der Waals surface area contributed by atoms with Crippen LogP contribution in [0.2, 0.25) is 0 Å². The Morgan fingerprint density at radius 2 is 1.95 bits per heavy atom. The molecule has 0 aromatic carbocycles. The molecular weight excluding hydrogens is 288 g/mol. The van der Waals surface area contributed by atoms with Gasteiger partial charge in [-0.3, -0.25) is 4.79 Å². The number of carbonyl (C=O) groups is 1. The molecule has 1 aliphatic heterocycles. The van der Waals surface area contributed by atoms with E-state index in [9.17, 15) is 4.79 Å². The van der Waals surface area contributed by atoms with E-state index in [0.29, 0.717) is 16.3 Å². The summed E-state index contributed by atoms with van der Waals surface area (Å²) in [6.45, 7) is 10.9. The van der Waals surface area contributed by atoms with Crippen molar-refractivity contribution >= 4 is 27.9 Å². The van der Waals surface area contributed by atoms with Gasteiger partial charge >= 0.3 is 0 Å². The molecule has 2 rings (SSSR count). The summed E-state index contributed by atoms with van der Waals surface area (Å²) >= 11 is 1.33. The van der Waals surface area contributed by atoms with Crippen molar-refractivity contribution in [2.45, 2.75) is 26.9 Å². The summed E-state index contributed by atoms with van der Waals surface area (Å²) in [6.07, 6.45) is -0.00157. The van der Waals surface area contributed by atoms with Crippen LogP contribution >= 0.6 is 11.3 Å². The molecule has 1 saturated heterocycles. The molecule has 1 aliphatic rings. The Labute approximate surface area is 129 Å². The number of hydrogen-bond acceptors (Lipinski definition) is 6. The highest BCUT2D eigenvalue weighted by atomic mass is 32.1. The molecule has 1 amide bonds. The Bertz CT molecular complexity index is 507. The maximum Gasteiger partial charge on any atom is 0.261 e. The molecule has 0 radical (unpaired) electrons. The van der Waals surface area contributed by atoms with Gasteiger partial charge in [0.2, 0.25) is 0 Å². The molecule has 0 atom stereocenters. The van der Waals surface area contributed by atoms with Crippen molar-refractivity contribution < 1.29 is 9.53 Å². The number of nitrogens with two attached hydrogens (primary N) is 2. The summed E-state index contributed by atoms with van der Waals surface area (Å²) in [4.78, 5) is 16.5. The number of anilines is 2. The fraction of sp³-hybridized carbons (Fsp3) is 0.643. The normalized spacial score (nSPS) is 16.5. The van der Waals surface area contributed by atoms with Crippen LogP contribution in [-0.2, 0) is 0 Å². The van der Waals surface area contributed by atoms with Crippen LogP contribution in [0.25, 0.3) is 0 Å². The summed E-state index contributed by atoms with van der Waals surface area (Å²) in [5.41, 5.74) is 11.8. The van der Waals surface area contributed by atoms with Gasteiger partial charge in [0.05, 0.1) is 6.10 Å². The summed E-state index contributed by atoms with van der Waals surface area (Å²) in [6, 6.07) is 0. The SMILES string of the molecule is CCN1CCN(c2sc(C(N)=O)c(N)c2OC(C)C)CC1. The highest BCUT2D eigenvalue weighted by molar-refractivity contribution is 7.19. The van der Waals surface area contributed by atoms with E-state index < -0.39 is 5.91 Å². The van der Waals surface area contributed by atoms with Gasteiger partial charge in [-0.25, -0.2) is 0 Å². The molecule has 2 heterocycles. The van der Waals surface area contributed by atoms with E-state index in [1.165, 1.54) is 11.3 Å². The Hall–Kier alpha value is -1.47. The average Bonchev–Trinajstić information content (AvgIpc) is 2.76. The van der Waals surface area contributed by atoms with Crippen LogP contribution < -0.4 is 21.1 Å². The number of piperazine rings is 1. The summed E-state index contributed by atoms with van der Waals surface area (Å²) < 4.78 is 5.84. The minimum Gasteiger partial charge on any atom is -0.486 e. The fourth-order valence-electron chi connectivity index (χ4n) is 2.42. The van der Waals surface area contributed by atoms with Gasteiger partial charge in [0, 0.05) is 26.2 Å². The van der Waals surface area contributed by atoms with E-state index in [2.05, 4.69) is 16.7 Å². The molecule has 1 fully saturated rings. The van der Waals surface area contributed by atoms with Gasteiger partial charge in [-0.2, -0.15) is 0 Å². The van der Waals surface area contributed by atoms with Crippen LogP contribution in [0.3, 0.4) is 0 Å². The Morgan fingerprint density at radius 3 is 2.43 bits per heavy atom. The second-order valence-corrected chi connectivity index (χ2v) is 6.43. The highest BCUT2D eigenvalue weighted by Gasteiger charge is 2.27. The molecule has 21 heavy (non-hydrogen) atoms. The van der Waals surface area contributed by atoms with Crippen molar-refractivity contribution in [1.29, 1.82) is 0 Å². The molecule has 0 bridgehead atoms. The molecule has 0 aliphatic carbocycles. The van der Waals surface area contributed by atoms with Crippen LogP contribution in [0, 0.1) is 0 Å². The molecule has 4 N–H and O–H groups in total. The van der Waals surface area contributed by atoms with Crippen molar-refractivity contribution in [2.24, 2.45) is 5.73 Å². The lowest BCUT2D eigenvalue weighted by atomic mass is 10.3. The van der Waals surface area contributed by atoms with Crippen molar-refractivity contribution in [3.63, 3.8) is 0 Å². The maximum atomic E-state index is 11.5. The number of rotatable bonds is 5. The van der Waals surface area contributed by atoms with E-state index in [0.717, 1.165) is 37.7 Å². The molecule has 0 unspecified atom stereocenters. The minimum absolute atomic E-state index is 0.00157. The van der Waals surface area contributed by atoms with Crippen LogP contribution in [0.15, 0.2) is 0 Å². The number of primary amides is 1. The zero-order chi connectivity index (χ0) is 15.6. The van der Waals surface area contributed by atoms with Crippen molar-refractivity contribution in [1.82, 2.24) is 4.90 Å². The molecule has 7 heteroatoms. The monoisotopic (exact) mass is 312 g/mol. The standard InChI is InChI=1S/C14H24N4O2S/c1-4-17-5-7-18(8-6-17)14-11(20-9(2)3)10(15)12(21-14)13(16)19/h9H,4-8,15H2,1-3H3,(H2,16,19). The first kappa shape index (κ1) is 15.9. The summed E-state index contributed by atoms with van der Waals surface area (Å²) in [5, 5.41) is 0.922. The zero-order valence-electron chi connectivity index (χ0n) is 12.9. The third-order valence-electron chi connectivity index (χ3n) is 3.57. The molecule has 1 aromatic heterocycles. The molecule has 0 saturated carbocycles. The predicted octanol–water partition coefficient (Wildman–Crippen LogP) is 1.36. The van der Waals surface area contributed by atoms with E-state index in [1.54, 1.807) is 0 Å². The number of carbonyl (C=O) groups excluding carboxylic acids is 1. The van der Waals surface area contributed by atoms with Crippen molar-refractivity contribution in [2.75, 3.05) is 43.4 Å². The first-order chi connectivity index (χ1) is 9.93. The first-order valence-corrected chi connectivity index (χ1v) is 8.11. The third kappa shape index (κ3) is 3.41. The van der Waals surface area contributed by atoms with E-state index in [-0.39, 0.29) is 6.10 Å². The number of hydrogen-bond donors (Lipinski definition) is 2. The van der Waals surface area contributed by atoms with Gasteiger partial charge in [0.25, 0.3) is 5.91 Å². The van der Waals surface area contributed by atoms with Crippen molar-refractivity contribution in [3.8, 4) is 5.75 Å². The van der Waals surface area contributed by atoms with E-state index in [1.807, 2.05) is 13.8 Å². The number of nitrogen functional groups attached to an aromatic ring is 1. The van der Waals surface area contributed by atoms with Crippen LogP contribution in [0.5, 0.6) is 5.75 Å². The smallest absolute Gasteiger partial charge is 0.261 e. The molecule has 118 valence electrons. The molecular formula is C14H24N4O2S. The molecule has 6 nitrogen and oxygen atoms in total. The maximum absolute atomic E-state index is 11.5. The number of thiophene rings is 1. The zero-order valence-corrected chi connectivity index (χ0v) is 13.7. The number of amides is 1. The van der Waals surface area contributed by atoms with Crippen LogP contribution in [0.4, 0.5) is 10.7 Å². The van der Waals surface area contributed by atoms with Gasteiger partial charge in [0.1, 0.15) is 15.6 Å². The van der Waals surface area contributed by atoms with Crippen LogP contribution in [-0.4, -0.2) is 49.6 Å². The van der Waals surface area contributed by atoms with Gasteiger partial charge < -0.3 is 26.0 Å². The lowest BCUT2D eigenvalue weighted by molar-refractivity contribution is 0.100. The summed E-state index contributed by atoms with van der Waals surface area (Å²) in [5.74, 6) is 0.110. The fourth-order valence-corrected chi connectivity index (χ4v) is 3.48. The Balaban J connectivity index is 2.29. The lowest BCUT2D eigenvalue weighted by Crippen LogP contribution is -2.46. The first-order valence-electron chi connectivity index (χ1n) is 7.30. The quantitative estimate of drug-likeness (QED) is 0.857. The second kappa shape index (κ2) is 6.53. The van der Waals surface area contributed by atoms with Gasteiger partial charge in [0.15, 0.2) is 5.75 Å². The van der Waals surface area contributed by atoms with Gasteiger partial charge in [-0.05, 0) is 20.4 Å². The largest absolute Gasteiger partial charge is 0.486 e. The summed E-state index contributed by atoms with van der Waals surface area (Å²) in [7, 11) is 0. The number of nitrogens with zero attached hydrogens (tertiary/aromatic N) is 2. The Kier molecular flexibility index (Phi) is 4.95. The Morgan fingerprint density at radius 1 is 1.33 bits per heavy atom. The molecule has 0 spiro atoms. The lowest BCUT2D eigenvalue weighted by Gasteiger charge is -2.35. The number of ether oxygens (including phenoxy) is 1. The molecule has 1 aromatic rings. The minimum atomic E-state index is -0.496. The van der Waals surface area contributed by atoms with Gasteiger partial charge in [-0.15, -0.1) is 11.3 Å².